The van der Waals surface area contributed by atoms with Crippen LogP contribution in [0.2, 0.25) is 0 Å². The molecule has 0 aliphatic carbocycles. The van der Waals surface area contributed by atoms with Gasteiger partial charge in [-0.1, -0.05) is 12.1 Å². The van der Waals surface area contributed by atoms with E-state index in [4.69, 9.17) is 10.5 Å². The molecule has 2 nitrogen and oxygen atoms in total. The molecule has 1 aromatic carbocycles. The summed E-state index contributed by atoms with van der Waals surface area (Å²) in [4.78, 5) is 0. The zero-order valence-corrected chi connectivity index (χ0v) is 8.84. The molecule has 0 aliphatic rings. The smallest absolute Gasteiger partial charge is 0.272 e. The van der Waals surface area contributed by atoms with Crippen LogP contribution in [0.5, 0.6) is 5.75 Å². The van der Waals surface area contributed by atoms with Crippen LogP contribution in [0.4, 0.5) is 8.78 Å². The Morgan fingerprint density at radius 3 is 2.60 bits per heavy atom. The summed E-state index contributed by atoms with van der Waals surface area (Å²) in [7, 11) is 0. The summed E-state index contributed by atoms with van der Waals surface area (Å²) < 4.78 is 29.0. The van der Waals surface area contributed by atoms with E-state index in [-0.39, 0.29) is 6.04 Å². The summed E-state index contributed by atoms with van der Waals surface area (Å²) in [5.74, 6) is 0.449. The lowest BCUT2D eigenvalue weighted by Gasteiger charge is -2.14. The Kier molecular flexibility index (Phi) is 4.03. The third-order valence-corrected chi connectivity index (χ3v) is 2.02. The van der Waals surface area contributed by atoms with Crippen LogP contribution in [-0.4, -0.2) is 13.0 Å². The number of aryl methyl sites for hydroxylation is 1. The van der Waals surface area contributed by atoms with Gasteiger partial charge in [-0.2, -0.15) is 0 Å². The highest BCUT2D eigenvalue weighted by Gasteiger charge is 2.10. The normalized spacial score (nSPS) is 12.9. The van der Waals surface area contributed by atoms with Gasteiger partial charge in [-0.25, -0.2) is 8.78 Å². The molecule has 0 heterocycles. The minimum Gasteiger partial charge on any atom is -0.487 e. The van der Waals surface area contributed by atoms with E-state index in [2.05, 4.69) is 0 Å². The number of ether oxygens (including phenoxy) is 1. The second kappa shape index (κ2) is 5.07. The van der Waals surface area contributed by atoms with Gasteiger partial charge in [0.25, 0.3) is 6.43 Å². The summed E-state index contributed by atoms with van der Waals surface area (Å²) in [5, 5.41) is 0. The van der Waals surface area contributed by atoms with Crippen LogP contribution in [0, 0.1) is 6.92 Å². The van der Waals surface area contributed by atoms with Crippen molar-refractivity contribution < 1.29 is 13.5 Å². The number of nitrogens with two attached hydrogens (primary N) is 1. The lowest BCUT2D eigenvalue weighted by atomic mass is 10.1. The van der Waals surface area contributed by atoms with Crippen LogP contribution in [0.3, 0.4) is 0 Å². The first kappa shape index (κ1) is 11.9. The predicted octanol–water partition coefficient (Wildman–Crippen LogP) is 2.66. The summed E-state index contributed by atoms with van der Waals surface area (Å²) in [6.45, 7) is 3.07. The Morgan fingerprint density at radius 2 is 2.07 bits per heavy atom. The van der Waals surface area contributed by atoms with Crippen molar-refractivity contribution in [2.75, 3.05) is 6.61 Å². The second-order valence-electron chi connectivity index (χ2n) is 3.53. The van der Waals surface area contributed by atoms with E-state index in [0.29, 0.717) is 5.75 Å². The van der Waals surface area contributed by atoms with Crippen LogP contribution < -0.4 is 10.5 Å². The highest BCUT2D eigenvalue weighted by molar-refractivity contribution is 5.38. The fourth-order valence-electron chi connectivity index (χ4n) is 1.30. The zero-order valence-electron chi connectivity index (χ0n) is 8.84. The number of benzene rings is 1. The van der Waals surface area contributed by atoms with Crippen LogP contribution in [-0.2, 0) is 0 Å². The minimum absolute atomic E-state index is 0.224. The molecule has 0 spiro atoms. The predicted molar refractivity (Wildman–Crippen MR) is 55.3 cm³/mol. The van der Waals surface area contributed by atoms with Gasteiger partial charge in [0.1, 0.15) is 12.4 Å². The van der Waals surface area contributed by atoms with Gasteiger partial charge in [0.05, 0.1) is 0 Å². The van der Waals surface area contributed by atoms with E-state index in [9.17, 15) is 8.78 Å². The summed E-state index contributed by atoms with van der Waals surface area (Å²) >= 11 is 0. The lowest BCUT2D eigenvalue weighted by Crippen LogP contribution is -2.12. The molecule has 1 rings (SSSR count). The number of rotatable bonds is 4. The first-order chi connectivity index (χ1) is 7.00. The first-order valence-electron chi connectivity index (χ1n) is 4.77. The molecule has 0 amide bonds. The Morgan fingerprint density at radius 1 is 1.40 bits per heavy atom. The molecule has 0 aromatic heterocycles. The molecule has 1 atom stereocenters. The van der Waals surface area contributed by atoms with E-state index in [1.54, 1.807) is 19.1 Å². The van der Waals surface area contributed by atoms with Crippen molar-refractivity contribution in [2.45, 2.75) is 26.3 Å². The Balaban J connectivity index is 2.87. The molecule has 0 bridgehead atoms. The number of halogens is 2. The lowest BCUT2D eigenvalue weighted by molar-refractivity contribution is 0.0812. The number of hydrogen-bond acceptors (Lipinski definition) is 2. The number of hydrogen-bond donors (Lipinski definition) is 1. The molecule has 0 saturated heterocycles. The van der Waals surface area contributed by atoms with E-state index < -0.39 is 13.0 Å². The monoisotopic (exact) mass is 215 g/mol. The van der Waals surface area contributed by atoms with Crippen LogP contribution in [0.25, 0.3) is 0 Å². The average Bonchev–Trinajstić information content (AvgIpc) is 2.14. The van der Waals surface area contributed by atoms with E-state index in [1.807, 2.05) is 13.0 Å². The fourth-order valence-corrected chi connectivity index (χ4v) is 1.30. The van der Waals surface area contributed by atoms with Crippen molar-refractivity contribution in [3.8, 4) is 5.75 Å². The average molecular weight is 215 g/mol. The van der Waals surface area contributed by atoms with Crippen molar-refractivity contribution in [1.29, 1.82) is 0 Å². The molecule has 0 saturated carbocycles. The van der Waals surface area contributed by atoms with Crippen molar-refractivity contribution in [2.24, 2.45) is 5.73 Å². The zero-order chi connectivity index (χ0) is 11.4. The van der Waals surface area contributed by atoms with Crippen molar-refractivity contribution >= 4 is 0 Å². The van der Waals surface area contributed by atoms with Gasteiger partial charge < -0.3 is 10.5 Å². The van der Waals surface area contributed by atoms with Crippen LogP contribution in [0.1, 0.15) is 24.1 Å². The second-order valence-corrected chi connectivity index (χ2v) is 3.53. The maximum absolute atomic E-state index is 12.0. The fraction of sp³-hybridized carbons (Fsp3) is 0.455. The van der Waals surface area contributed by atoms with Gasteiger partial charge in [0.15, 0.2) is 0 Å². The molecule has 0 radical (unpaired) electrons. The van der Waals surface area contributed by atoms with E-state index in [0.717, 1.165) is 11.1 Å². The van der Waals surface area contributed by atoms with E-state index >= 15 is 0 Å². The summed E-state index contributed by atoms with van der Waals surface area (Å²) in [6, 6.07) is 5.19. The van der Waals surface area contributed by atoms with Gasteiger partial charge in [-0.15, -0.1) is 0 Å². The quantitative estimate of drug-likeness (QED) is 0.838. The van der Waals surface area contributed by atoms with E-state index in [1.165, 1.54) is 0 Å². The van der Waals surface area contributed by atoms with Gasteiger partial charge in [-0.05, 0) is 25.5 Å². The molecular formula is C11H15F2NO. The largest absolute Gasteiger partial charge is 0.487 e. The third kappa shape index (κ3) is 3.47. The van der Waals surface area contributed by atoms with Gasteiger partial charge in [0.2, 0.25) is 0 Å². The molecule has 0 aliphatic heterocycles. The molecule has 4 heteroatoms. The first-order valence-corrected chi connectivity index (χ1v) is 4.77. The molecule has 15 heavy (non-hydrogen) atoms. The Bertz CT molecular complexity index is 326. The van der Waals surface area contributed by atoms with Crippen molar-refractivity contribution in [3.63, 3.8) is 0 Å². The SMILES string of the molecule is Cc1ccc(C(C)N)c(OCC(F)F)c1. The molecular weight excluding hydrogens is 200 g/mol. The summed E-state index contributed by atoms with van der Waals surface area (Å²) in [6.07, 6.45) is -2.47. The minimum atomic E-state index is -2.47. The van der Waals surface area contributed by atoms with Gasteiger partial charge in [0, 0.05) is 11.6 Å². The van der Waals surface area contributed by atoms with Crippen LogP contribution in [0.15, 0.2) is 18.2 Å². The van der Waals surface area contributed by atoms with Gasteiger partial charge in [-0.3, -0.25) is 0 Å². The Labute approximate surface area is 88.0 Å². The van der Waals surface area contributed by atoms with Crippen LogP contribution >= 0.6 is 0 Å². The number of alkyl halides is 2. The molecule has 1 unspecified atom stereocenters. The van der Waals surface area contributed by atoms with Crippen molar-refractivity contribution in [1.82, 2.24) is 0 Å². The molecule has 1 aromatic rings. The molecule has 0 fully saturated rings. The highest BCUT2D eigenvalue weighted by atomic mass is 19.3. The Hall–Kier alpha value is -1.16. The maximum atomic E-state index is 12.0. The summed E-state index contributed by atoms with van der Waals surface area (Å²) in [5.41, 5.74) is 7.42. The van der Waals surface area contributed by atoms with Crippen molar-refractivity contribution in [3.05, 3.63) is 29.3 Å². The third-order valence-electron chi connectivity index (χ3n) is 2.02. The highest BCUT2D eigenvalue weighted by Crippen LogP contribution is 2.25. The van der Waals surface area contributed by atoms with Gasteiger partial charge >= 0.3 is 0 Å². The molecule has 84 valence electrons. The topological polar surface area (TPSA) is 35.2 Å². The maximum Gasteiger partial charge on any atom is 0.272 e. The molecule has 2 N–H and O–H groups in total. The standard InChI is InChI=1S/C11H15F2NO/c1-7-3-4-9(8(2)14)10(5-7)15-6-11(12)13/h3-5,8,11H,6,14H2,1-2H3.